The van der Waals surface area contributed by atoms with Gasteiger partial charge in [-0.3, -0.25) is 14.9 Å². The van der Waals surface area contributed by atoms with Gasteiger partial charge in [0.1, 0.15) is 18.4 Å². The van der Waals surface area contributed by atoms with Gasteiger partial charge >= 0.3 is 0 Å². The average Bonchev–Trinajstić information content (AvgIpc) is 3.19. The van der Waals surface area contributed by atoms with Crippen LogP contribution < -0.4 is 20.9 Å². The van der Waals surface area contributed by atoms with Crippen molar-refractivity contribution in [2.75, 3.05) is 13.2 Å². The third kappa shape index (κ3) is 4.80. The summed E-state index contributed by atoms with van der Waals surface area (Å²) in [6.07, 6.45) is 0.726. The maximum Gasteiger partial charge on any atom is 0.238 e. The minimum Gasteiger partial charge on any atom is -0.492 e. The molecule has 7 heteroatoms. The Morgan fingerprint density at radius 3 is 2.84 bits per heavy atom. The number of hydrogen-bond donors (Lipinski definition) is 3. The van der Waals surface area contributed by atoms with Crippen molar-refractivity contribution in [2.24, 2.45) is 0 Å². The number of amides is 1. The molecule has 2 unspecified atom stereocenters. The molecule has 3 N–H and O–H groups in total. The lowest BCUT2D eigenvalue weighted by Gasteiger charge is -2.12. The molecule has 0 aliphatic carbocycles. The summed E-state index contributed by atoms with van der Waals surface area (Å²) in [6, 6.07) is 11.6. The van der Waals surface area contributed by atoms with E-state index in [2.05, 4.69) is 27.3 Å². The highest BCUT2D eigenvalue weighted by molar-refractivity contribution is 5.82. The Balaban J connectivity index is 1.38. The Morgan fingerprint density at radius 1 is 1.32 bits per heavy atom. The smallest absolute Gasteiger partial charge is 0.238 e. The van der Waals surface area contributed by atoms with Crippen LogP contribution in [0.25, 0.3) is 0 Å². The van der Waals surface area contributed by atoms with Gasteiger partial charge in [0.2, 0.25) is 5.91 Å². The van der Waals surface area contributed by atoms with Crippen LogP contribution in [0.1, 0.15) is 17.8 Å². The molecule has 2 aromatic rings. The second-order valence-corrected chi connectivity index (χ2v) is 6.34. The number of benzene rings is 1. The van der Waals surface area contributed by atoms with E-state index in [1.165, 1.54) is 0 Å². The molecular weight excluding hydrogens is 318 g/mol. The van der Waals surface area contributed by atoms with Gasteiger partial charge in [-0.2, -0.15) is 5.10 Å². The van der Waals surface area contributed by atoms with Crippen LogP contribution in [-0.2, 0) is 11.3 Å². The molecule has 1 amide bonds. The molecule has 7 nitrogen and oxygen atoms in total. The third-order valence-corrected chi connectivity index (χ3v) is 4.21. The summed E-state index contributed by atoms with van der Waals surface area (Å²) in [4.78, 5) is 12.2. The summed E-state index contributed by atoms with van der Waals surface area (Å²) < 4.78 is 7.55. The molecule has 1 fully saturated rings. The van der Waals surface area contributed by atoms with E-state index in [4.69, 9.17) is 4.74 Å². The van der Waals surface area contributed by atoms with Gasteiger partial charge in [-0.1, -0.05) is 18.2 Å². The van der Waals surface area contributed by atoms with E-state index in [0.29, 0.717) is 13.2 Å². The van der Waals surface area contributed by atoms with Crippen LogP contribution in [0.3, 0.4) is 0 Å². The number of carbonyl (C=O) groups excluding carboxylic acids is 1. The van der Waals surface area contributed by atoms with Crippen molar-refractivity contribution in [3.63, 3.8) is 0 Å². The quantitative estimate of drug-likeness (QED) is 0.652. The van der Waals surface area contributed by atoms with Gasteiger partial charge in [0.05, 0.1) is 18.8 Å². The van der Waals surface area contributed by atoms with Gasteiger partial charge in [0, 0.05) is 11.7 Å². The molecule has 1 aliphatic rings. The van der Waals surface area contributed by atoms with Crippen LogP contribution in [-0.4, -0.2) is 40.9 Å². The summed E-state index contributed by atoms with van der Waals surface area (Å²) in [5.74, 6) is 0.794. The van der Waals surface area contributed by atoms with Gasteiger partial charge in [-0.25, -0.2) is 5.43 Å². The highest BCUT2D eigenvalue weighted by Crippen LogP contribution is 2.10. The third-order valence-electron chi connectivity index (χ3n) is 4.21. The highest BCUT2D eigenvalue weighted by atomic mass is 16.5. The Kier molecular flexibility index (Phi) is 5.67. The number of aromatic nitrogens is 2. The zero-order valence-corrected chi connectivity index (χ0v) is 14.7. The number of aryl methyl sites for hydroxylation is 2. The second-order valence-electron chi connectivity index (χ2n) is 6.34. The second kappa shape index (κ2) is 8.13. The first-order chi connectivity index (χ1) is 12.1. The number of hydrogen-bond acceptors (Lipinski definition) is 5. The van der Waals surface area contributed by atoms with E-state index in [1.807, 2.05) is 48.9 Å². The average molecular weight is 343 g/mol. The summed E-state index contributed by atoms with van der Waals surface area (Å²) >= 11 is 0. The molecular formula is C18H25N5O2. The van der Waals surface area contributed by atoms with Crippen molar-refractivity contribution in [3.05, 3.63) is 47.8 Å². The largest absolute Gasteiger partial charge is 0.492 e. The number of rotatable bonds is 7. The number of nitrogens with zero attached hydrogens (tertiary/aromatic N) is 2. The van der Waals surface area contributed by atoms with Crippen molar-refractivity contribution >= 4 is 5.91 Å². The van der Waals surface area contributed by atoms with Crippen LogP contribution in [0, 0.1) is 13.8 Å². The number of para-hydroxylation sites is 1. The van der Waals surface area contributed by atoms with Gasteiger partial charge in [0.15, 0.2) is 0 Å². The Bertz CT molecular complexity index is 701. The molecule has 1 saturated heterocycles. The lowest BCUT2D eigenvalue weighted by atomic mass is 10.1. The van der Waals surface area contributed by atoms with E-state index in [9.17, 15) is 4.79 Å². The molecule has 2 atom stereocenters. The lowest BCUT2D eigenvalue weighted by Crippen LogP contribution is -2.44. The summed E-state index contributed by atoms with van der Waals surface area (Å²) in [5, 5.41) is 7.37. The van der Waals surface area contributed by atoms with Crippen molar-refractivity contribution in [1.82, 2.24) is 25.9 Å². The highest BCUT2D eigenvalue weighted by Gasteiger charge is 2.29. The number of carbonyl (C=O) groups is 1. The van der Waals surface area contributed by atoms with Gasteiger partial charge in [-0.15, -0.1) is 0 Å². The molecule has 0 bridgehead atoms. The zero-order chi connectivity index (χ0) is 17.6. The first kappa shape index (κ1) is 17.4. The van der Waals surface area contributed by atoms with Crippen LogP contribution in [0.4, 0.5) is 0 Å². The molecule has 2 heterocycles. The number of nitrogens with one attached hydrogen (secondary N) is 3. The minimum absolute atomic E-state index is 0.0139. The minimum atomic E-state index is -0.237. The molecule has 1 aromatic heterocycles. The molecule has 0 saturated carbocycles. The molecule has 3 rings (SSSR count). The maximum absolute atomic E-state index is 12.2. The van der Waals surface area contributed by atoms with Crippen LogP contribution in [0.2, 0.25) is 0 Å². The molecule has 1 aromatic carbocycles. The summed E-state index contributed by atoms with van der Waals surface area (Å²) in [5.41, 5.74) is 8.39. The van der Waals surface area contributed by atoms with E-state index in [0.717, 1.165) is 30.1 Å². The zero-order valence-electron chi connectivity index (χ0n) is 14.7. The molecule has 1 aliphatic heterocycles. The van der Waals surface area contributed by atoms with Crippen LogP contribution >= 0.6 is 0 Å². The molecule has 134 valence electrons. The van der Waals surface area contributed by atoms with Crippen molar-refractivity contribution < 1.29 is 9.53 Å². The lowest BCUT2D eigenvalue weighted by molar-refractivity contribution is -0.123. The maximum atomic E-state index is 12.2. The van der Waals surface area contributed by atoms with Crippen LogP contribution in [0.5, 0.6) is 5.75 Å². The Morgan fingerprint density at radius 2 is 2.12 bits per heavy atom. The van der Waals surface area contributed by atoms with Crippen molar-refractivity contribution in [2.45, 2.75) is 38.9 Å². The predicted octanol–water partition coefficient (Wildman–Crippen LogP) is 0.930. The number of ether oxygens (including phenoxy) is 1. The Hall–Kier alpha value is -2.38. The fourth-order valence-corrected chi connectivity index (χ4v) is 2.97. The fourth-order valence-electron chi connectivity index (χ4n) is 2.97. The van der Waals surface area contributed by atoms with Gasteiger partial charge in [0.25, 0.3) is 0 Å². The molecule has 0 spiro atoms. The fraction of sp³-hybridized carbons (Fsp3) is 0.444. The van der Waals surface area contributed by atoms with Crippen molar-refractivity contribution in [3.8, 4) is 5.75 Å². The summed E-state index contributed by atoms with van der Waals surface area (Å²) in [7, 11) is 0. The first-order valence-electron chi connectivity index (χ1n) is 8.59. The van der Waals surface area contributed by atoms with E-state index in [1.54, 1.807) is 0 Å². The van der Waals surface area contributed by atoms with Gasteiger partial charge in [-0.05, 0) is 38.5 Å². The van der Waals surface area contributed by atoms with Crippen molar-refractivity contribution in [1.29, 1.82) is 0 Å². The Labute approximate surface area is 147 Å². The first-order valence-corrected chi connectivity index (χ1v) is 8.59. The molecule has 25 heavy (non-hydrogen) atoms. The monoisotopic (exact) mass is 343 g/mol. The van der Waals surface area contributed by atoms with E-state index < -0.39 is 0 Å². The summed E-state index contributed by atoms with van der Waals surface area (Å²) in [6.45, 7) is 5.70. The SMILES string of the molecule is Cc1cc(C)n(CC2CC(C(=O)NCCOc3ccccc3)NN2)n1. The predicted molar refractivity (Wildman–Crippen MR) is 95.1 cm³/mol. The van der Waals surface area contributed by atoms with E-state index >= 15 is 0 Å². The van der Waals surface area contributed by atoms with Gasteiger partial charge < -0.3 is 10.1 Å². The normalized spacial score (nSPS) is 19.8. The van der Waals surface area contributed by atoms with E-state index in [-0.39, 0.29) is 18.0 Å². The molecule has 0 radical (unpaired) electrons. The standard InChI is InChI=1S/C18H25N5O2/c1-13-10-14(2)23(22-13)12-15-11-17(21-20-15)18(24)19-8-9-25-16-6-4-3-5-7-16/h3-7,10,15,17,20-21H,8-9,11-12H2,1-2H3,(H,19,24). The van der Waals surface area contributed by atoms with Crippen LogP contribution in [0.15, 0.2) is 36.4 Å². The number of hydrazine groups is 1. The topological polar surface area (TPSA) is 80.2 Å².